The van der Waals surface area contributed by atoms with Crippen molar-refractivity contribution < 1.29 is 9.53 Å². The van der Waals surface area contributed by atoms with Gasteiger partial charge >= 0.3 is 5.97 Å². The SMILES string of the molecule is COC(=O)C(C)(NCc1cccs1)C(C)C. The van der Waals surface area contributed by atoms with Crippen molar-refractivity contribution in [3.05, 3.63) is 22.4 Å². The van der Waals surface area contributed by atoms with Gasteiger partial charge in [0.15, 0.2) is 0 Å². The quantitative estimate of drug-likeness (QED) is 0.805. The van der Waals surface area contributed by atoms with Gasteiger partial charge in [0.05, 0.1) is 7.11 Å². The number of thiophene rings is 1. The number of hydrogen-bond donors (Lipinski definition) is 1. The fraction of sp³-hybridized carbons (Fsp3) is 0.583. The molecule has 90 valence electrons. The molecule has 0 saturated carbocycles. The summed E-state index contributed by atoms with van der Waals surface area (Å²) in [6.45, 7) is 6.61. The molecule has 0 bridgehead atoms. The molecule has 1 unspecified atom stereocenters. The molecule has 4 heteroatoms. The molecule has 1 aromatic rings. The lowest BCUT2D eigenvalue weighted by atomic mass is 9.88. The fourth-order valence-electron chi connectivity index (χ4n) is 1.41. The van der Waals surface area contributed by atoms with Crippen LogP contribution in [0.1, 0.15) is 25.6 Å². The van der Waals surface area contributed by atoms with E-state index in [1.807, 2.05) is 32.2 Å². The Morgan fingerprint density at radius 2 is 2.31 bits per heavy atom. The number of carbonyl (C=O) groups is 1. The third kappa shape index (κ3) is 2.83. The maximum atomic E-state index is 11.8. The van der Waals surface area contributed by atoms with Crippen LogP contribution in [-0.4, -0.2) is 18.6 Å². The van der Waals surface area contributed by atoms with Crippen LogP contribution < -0.4 is 5.32 Å². The minimum Gasteiger partial charge on any atom is -0.468 e. The van der Waals surface area contributed by atoms with Crippen molar-refractivity contribution in [1.29, 1.82) is 0 Å². The fourth-order valence-corrected chi connectivity index (χ4v) is 2.05. The molecule has 0 aliphatic heterocycles. The van der Waals surface area contributed by atoms with E-state index in [0.717, 1.165) is 0 Å². The van der Waals surface area contributed by atoms with Crippen molar-refractivity contribution in [2.75, 3.05) is 7.11 Å². The van der Waals surface area contributed by atoms with Crippen molar-refractivity contribution in [2.45, 2.75) is 32.9 Å². The van der Waals surface area contributed by atoms with Crippen LogP contribution in [0.2, 0.25) is 0 Å². The van der Waals surface area contributed by atoms with E-state index in [9.17, 15) is 4.79 Å². The Hall–Kier alpha value is -0.870. The molecular weight excluding hydrogens is 222 g/mol. The van der Waals surface area contributed by atoms with Crippen molar-refractivity contribution in [2.24, 2.45) is 5.92 Å². The number of esters is 1. The van der Waals surface area contributed by atoms with Gasteiger partial charge in [-0.15, -0.1) is 11.3 Å². The highest BCUT2D eigenvalue weighted by Gasteiger charge is 2.37. The molecule has 0 amide bonds. The predicted octanol–water partition coefficient (Wildman–Crippen LogP) is 2.43. The van der Waals surface area contributed by atoms with Crippen molar-refractivity contribution in [1.82, 2.24) is 5.32 Å². The number of carbonyl (C=O) groups excluding carboxylic acids is 1. The molecule has 1 aromatic heterocycles. The summed E-state index contributed by atoms with van der Waals surface area (Å²) < 4.78 is 4.85. The molecule has 1 heterocycles. The molecule has 1 rings (SSSR count). The highest BCUT2D eigenvalue weighted by molar-refractivity contribution is 7.09. The minimum absolute atomic E-state index is 0.180. The first-order chi connectivity index (χ1) is 7.50. The van der Waals surface area contributed by atoms with Crippen LogP contribution in [0.15, 0.2) is 17.5 Å². The summed E-state index contributed by atoms with van der Waals surface area (Å²) in [5.74, 6) is -0.0287. The predicted molar refractivity (Wildman–Crippen MR) is 66.4 cm³/mol. The summed E-state index contributed by atoms with van der Waals surface area (Å²) in [7, 11) is 1.43. The van der Waals surface area contributed by atoms with Gasteiger partial charge in [-0.05, 0) is 24.3 Å². The summed E-state index contributed by atoms with van der Waals surface area (Å²) in [5.41, 5.74) is -0.626. The van der Waals surface area contributed by atoms with Gasteiger partial charge in [0.1, 0.15) is 5.54 Å². The summed E-state index contributed by atoms with van der Waals surface area (Å²) in [6, 6.07) is 4.06. The van der Waals surface area contributed by atoms with Crippen molar-refractivity contribution >= 4 is 17.3 Å². The van der Waals surface area contributed by atoms with E-state index in [1.54, 1.807) is 11.3 Å². The summed E-state index contributed by atoms with van der Waals surface area (Å²) in [6.07, 6.45) is 0. The van der Waals surface area contributed by atoms with Gasteiger partial charge in [-0.2, -0.15) is 0 Å². The van der Waals surface area contributed by atoms with E-state index < -0.39 is 5.54 Å². The third-order valence-electron chi connectivity index (χ3n) is 2.97. The van der Waals surface area contributed by atoms with Gasteiger partial charge in [-0.1, -0.05) is 19.9 Å². The van der Waals surface area contributed by atoms with E-state index in [-0.39, 0.29) is 11.9 Å². The number of methoxy groups -OCH3 is 1. The Kier molecular flexibility index (Phi) is 4.50. The van der Waals surface area contributed by atoms with Crippen LogP contribution in [0.5, 0.6) is 0 Å². The Morgan fingerprint density at radius 3 is 2.75 bits per heavy atom. The highest BCUT2D eigenvalue weighted by Crippen LogP contribution is 2.20. The monoisotopic (exact) mass is 241 g/mol. The van der Waals surface area contributed by atoms with Crippen LogP contribution >= 0.6 is 11.3 Å². The number of rotatable bonds is 5. The number of ether oxygens (including phenoxy) is 1. The van der Waals surface area contributed by atoms with E-state index >= 15 is 0 Å². The zero-order valence-electron chi connectivity index (χ0n) is 10.2. The zero-order chi connectivity index (χ0) is 12.2. The van der Waals surface area contributed by atoms with Gasteiger partial charge in [-0.3, -0.25) is 10.1 Å². The molecule has 0 aromatic carbocycles. The average Bonchev–Trinajstić information content (AvgIpc) is 2.77. The van der Waals surface area contributed by atoms with Gasteiger partial charge in [0.2, 0.25) is 0 Å². The first kappa shape index (κ1) is 13.2. The van der Waals surface area contributed by atoms with E-state index in [0.29, 0.717) is 6.54 Å². The molecule has 0 aliphatic carbocycles. The molecule has 0 aliphatic rings. The molecule has 1 N–H and O–H groups in total. The van der Waals surface area contributed by atoms with Gasteiger partial charge in [0, 0.05) is 11.4 Å². The molecule has 16 heavy (non-hydrogen) atoms. The highest BCUT2D eigenvalue weighted by atomic mass is 32.1. The number of nitrogens with one attached hydrogen (secondary N) is 1. The van der Waals surface area contributed by atoms with Crippen LogP contribution in [0.4, 0.5) is 0 Å². The maximum Gasteiger partial charge on any atom is 0.326 e. The van der Waals surface area contributed by atoms with Crippen LogP contribution in [-0.2, 0) is 16.1 Å². The Morgan fingerprint density at radius 1 is 1.62 bits per heavy atom. The molecule has 3 nitrogen and oxygen atoms in total. The Balaban J connectivity index is 2.68. The second-order valence-corrected chi connectivity index (χ2v) is 5.31. The second kappa shape index (κ2) is 5.46. The average molecular weight is 241 g/mol. The third-order valence-corrected chi connectivity index (χ3v) is 3.85. The normalized spacial score (nSPS) is 14.8. The lowest BCUT2D eigenvalue weighted by Gasteiger charge is -2.31. The zero-order valence-corrected chi connectivity index (χ0v) is 11.1. The molecule has 0 saturated heterocycles. The topological polar surface area (TPSA) is 38.3 Å². The van der Waals surface area contributed by atoms with Crippen LogP contribution in [0.3, 0.4) is 0 Å². The van der Waals surface area contributed by atoms with Gasteiger partial charge < -0.3 is 4.74 Å². The number of hydrogen-bond acceptors (Lipinski definition) is 4. The molecule has 0 fully saturated rings. The van der Waals surface area contributed by atoms with Gasteiger partial charge in [0.25, 0.3) is 0 Å². The first-order valence-electron chi connectivity index (χ1n) is 5.36. The van der Waals surface area contributed by atoms with E-state index in [4.69, 9.17) is 4.74 Å². The molecule has 1 atom stereocenters. The summed E-state index contributed by atoms with van der Waals surface area (Å²) >= 11 is 1.68. The van der Waals surface area contributed by atoms with Crippen LogP contribution in [0.25, 0.3) is 0 Å². The smallest absolute Gasteiger partial charge is 0.326 e. The second-order valence-electron chi connectivity index (χ2n) is 4.28. The van der Waals surface area contributed by atoms with Crippen LogP contribution in [0, 0.1) is 5.92 Å². The van der Waals surface area contributed by atoms with Gasteiger partial charge in [-0.25, -0.2) is 0 Å². The summed E-state index contributed by atoms with van der Waals surface area (Å²) in [4.78, 5) is 13.0. The lowest BCUT2D eigenvalue weighted by Crippen LogP contribution is -2.53. The molecular formula is C12H19NO2S. The standard InChI is InChI=1S/C12H19NO2S/c1-9(2)12(3,11(14)15-4)13-8-10-6-5-7-16-10/h5-7,9,13H,8H2,1-4H3. The molecule has 0 radical (unpaired) electrons. The Labute approximate surface area is 101 Å². The first-order valence-corrected chi connectivity index (χ1v) is 6.24. The van der Waals surface area contributed by atoms with E-state index in [2.05, 4.69) is 11.4 Å². The lowest BCUT2D eigenvalue weighted by molar-refractivity contribution is -0.150. The minimum atomic E-state index is -0.626. The van der Waals surface area contributed by atoms with Crippen molar-refractivity contribution in [3.8, 4) is 0 Å². The van der Waals surface area contributed by atoms with E-state index in [1.165, 1.54) is 12.0 Å². The largest absolute Gasteiger partial charge is 0.468 e. The molecule has 0 spiro atoms. The van der Waals surface area contributed by atoms with Crippen molar-refractivity contribution in [3.63, 3.8) is 0 Å². The summed E-state index contributed by atoms with van der Waals surface area (Å²) in [5, 5.41) is 5.31. The Bertz CT molecular complexity index is 335. The maximum absolute atomic E-state index is 11.8.